The quantitative estimate of drug-likeness (QED) is 0.794. The summed E-state index contributed by atoms with van der Waals surface area (Å²) in [4.78, 5) is 11.1. The fourth-order valence-corrected chi connectivity index (χ4v) is 2.39. The van der Waals surface area contributed by atoms with E-state index in [9.17, 15) is 0 Å². The van der Waals surface area contributed by atoms with E-state index >= 15 is 0 Å². The molecule has 0 amide bonds. The molecule has 0 aliphatic rings. The van der Waals surface area contributed by atoms with Gasteiger partial charge in [-0.25, -0.2) is 9.97 Å². The summed E-state index contributed by atoms with van der Waals surface area (Å²) in [5.74, 6) is 2.70. The van der Waals surface area contributed by atoms with Crippen LogP contribution in [0.5, 0.6) is 0 Å². The van der Waals surface area contributed by atoms with Crippen LogP contribution in [-0.2, 0) is 0 Å². The molecular formula is C16H27N5. The molecule has 5 nitrogen and oxygen atoms in total. The van der Waals surface area contributed by atoms with Crippen LogP contribution < -0.4 is 10.2 Å². The van der Waals surface area contributed by atoms with Crippen LogP contribution in [0.1, 0.15) is 52.5 Å². The standard InChI is InChI=1S/C16H27N5/c1-6-18-15-14(13(4)5)16(20-11-19-15)21(9-7-8-17)10-12(2)3/h11-13H,6-7,9-10H2,1-5H3,(H,18,19,20). The summed E-state index contributed by atoms with van der Waals surface area (Å²) in [6, 6.07) is 2.23. The number of nitriles is 1. The first-order chi connectivity index (χ1) is 10.0. The van der Waals surface area contributed by atoms with Crippen LogP contribution in [0.2, 0.25) is 0 Å². The molecule has 1 N–H and O–H groups in total. The van der Waals surface area contributed by atoms with Crippen LogP contribution in [0.25, 0.3) is 0 Å². The molecule has 1 rings (SSSR count). The van der Waals surface area contributed by atoms with Crippen molar-refractivity contribution in [2.24, 2.45) is 5.92 Å². The Labute approximate surface area is 128 Å². The Bertz CT molecular complexity index is 476. The highest BCUT2D eigenvalue weighted by Gasteiger charge is 2.20. The minimum Gasteiger partial charge on any atom is -0.370 e. The maximum absolute atomic E-state index is 8.89. The number of hydrogen-bond acceptors (Lipinski definition) is 5. The van der Waals surface area contributed by atoms with Gasteiger partial charge in [-0.05, 0) is 18.8 Å². The minimum atomic E-state index is 0.326. The van der Waals surface area contributed by atoms with E-state index in [2.05, 4.69) is 60.9 Å². The van der Waals surface area contributed by atoms with Crippen molar-refractivity contribution in [3.05, 3.63) is 11.9 Å². The van der Waals surface area contributed by atoms with E-state index in [4.69, 9.17) is 5.26 Å². The summed E-state index contributed by atoms with van der Waals surface area (Å²) < 4.78 is 0. The molecule has 0 aliphatic heterocycles. The molecule has 0 fully saturated rings. The van der Waals surface area contributed by atoms with Crippen molar-refractivity contribution in [1.82, 2.24) is 9.97 Å². The average Bonchev–Trinajstić information content (AvgIpc) is 2.43. The van der Waals surface area contributed by atoms with Gasteiger partial charge >= 0.3 is 0 Å². The highest BCUT2D eigenvalue weighted by molar-refractivity contribution is 5.60. The number of anilines is 2. The molecule has 0 aliphatic carbocycles. The molecule has 1 heterocycles. The van der Waals surface area contributed by atoms with Crippen LogP contribution in [0.4, 0.5) is 11.6 Å². The normalized spacial score (nSPS) is 10.8. The second-order valence-corrected chi connectivity index (χ2v) is 5.89. The Balaban J connectivity index is 3.22. The molecule has 21 heavy (non-hydrogen) atoms. The summed E-state index contributed by atoms with van der Waals surface area (Å²) in [5.41, 5.74) is 1.14. The molecule has 0 atom stereocenters. The third-order valence-electron chi connectivity index (χ3n) is 3.16. The fourth-order valence-electron chi connectivity index (χ4n) is 2.39. The Morgan fingerprint density at radius 2 is 2.00 bits per heavy atom. The van der Waals surface area contributed by atoms with Crippen molar-refractivity contribution in [2.45, 2.75) is 47.0 Å². The Morgan fingerprint density at radius 1 is 1.29 bits per heavy atom. The number of hydrogen-bond donors (Lipinski definition) is 1. The molecule has 0 spiro atoms. The fraction of sp³-hybridized carbons (Fsp3) is 0.688. The van der Waals surface area contributed by atoms with Crippen molar-refractivity contribution in [3.8, 4) is 6.07 Å². The van der Waals surface area contributed by atoms with E-state index in [0.717, 1.165) is 30.3 Å². The number of nitrogens with one attached hydrogen (secondary N) is 1. The van der Waals surface area contributed by atoms with Crippen LogP contribution in [0.3, 0.4) is 0 Å². The van der Waals surface area contributed by atoms with E-state index < -0.39 is 0 Å². The number of nitrogens with zero attached hydrogens (tertiary/aromatic N) is 4. The first kappa shape index (κ1) is 17.2. The smallest absolute Gasteiger partial charge is 0.137 e. The lowest BCUT2D eigenvalue weighted by Gasteiger charge is -2.28. The van der Waals surface area contributed by atoms with Gasteiger partial charge in [0.25, 0.3) is 0 Å². The molecule has 0 saturated carbocycles. The van der Waals surface area contributed by atoms with Gasteiger partial charge < -0.3 is 10.2 Å². The maximum Gasteiger partial charge on any atom is 0.137 e. The molecule has 5 heteroatoms. The molecule has 0 bridgehead atoms. The third kappa shape index (κ3) is 4.89. The van der Waals surface area contributed by atoms with E-state index in [1.165, 1.54) is 0 Å². The highest BCUT2D eigenvalue weighted by atomic mass is 15.2. The lowest BCUT2D eigenvalue weighted by Crippen LogP contribution is -2.31. The minimum absolute atomic E-state index is 0.326. The third-order valence-corrected chi connectivity index (χ3v) is 3.16. The second-order valence-electron chi connectivity index (χ2n) is 5.89. The molecule has 0 unspecified atom stereocenters. The van der Waals surface area contributed by atoms with Crippen LogP contribution >= 0.6 is 0 Å². The van der Waals surface area contributed by atoms with Gasteiger partial charge in [-0.1, -0.05) is 27.7 Å². The number of aromatic nitrogens is 2. The molecule has 0 saturated heterocycles. The van der Waals surface area contributed by atoms with Gasteiger partial charge in [-0.3, -0.25) is 0 Å². The molecule has 116 valence electrons. The topological polar surface area (TPSA) is 64.8 Å². The predicted octanol–water partition coefficient (Wildman–Crippen LogP) is 3.41. The van der Waals surface area contributed by atoms with Gasteiger partial charge in [0, 0.05) is 25.2 Å². The van der Waals surface area contributed by atoms with Gasteiger partial charge in [0.15, 0.2) is 0 Å². The van der Waals surface area contributed by atoms with Crippen molar-refractivity contribution in [3.63, 3.8) is 0 Å². The summed E-state index contributed by atoms with van der Waals surface area (Å²) in [7, 11) is 0. The number of rotatable bonds is 8. The summed E-state index contributed by atoms with van der Waals surface area (Å²) in [6.07, 6.45) is 2.11. The predicted molar refractivity (Wildman–Crippen MR) is 87.6 cm³/mol. The zero-order chi connectivity index (χ0) is 15.8. The zero-order valence-electron chi connectivity index (χ0n) is 13.8. The van der Waals surface area contributed by atoms with Crippen molar-refractivity contribution in [2.75, 3.05) is 29.9 Å². The van der Waals surface area contributed by atoms with Crippen LogP contribution in [-0.4, -0.2) is 29.6 Å². The lowest BCUT2D eigenvalue weighted by molar-refractivity contribution is 0.603. The van der Waals surface area contributed by atoms with E-state index in [1.54, 1.807) is 6.33 Å². The maximum atomic E-state index is 8.89. The first-order valence-electron chi connectivity index (χ1n) is 7.71. The van der Waals surface area contributed by atoms with Gasteiger partial charge in [0.05, 0.1) is 12.5 Å². The van der Waals surface area contributed by atoms with E-state index in [1.807, 2.05) is 0 Å². The molecular weight excluding hydrogens is 262 g/mol. The Kier molecular flexibility index (Phi) is 6.93. The van der Waals surface area contributed by atoms with Gasteiger partial charge in [-0.2, -0.15) is 5.26 Å². The van der Waals surface area contributed by atoms with E-state index in [-0.39, 0.29) is 0 Å². The SMILES string of the molecule is CCNc1ncnc(N(CCC#N)CC(C)C)c1C(C)C. The largest absolute Gasteiger partial charge is 0.370 e. The zero-order valence-corrected chi connectivity index (χ0v) is 13.8. The Morgan fingerprint density at radius 3 is 2.52 bits per heavy atom. The molecule has 0 aromatic carbocycles. The van der Waals surface area contributed by atoms with Gasteiger partial charge in [-0.15, -0.1) is 0 Å². The highest BCUT2D eigenvalue weighted by Crippen LogP contribution is 2.31. The first-order valence-corrected chi connectivity index (χ1v) is 7.71. The van der Waals surface area contributed by atoms with Crippen LogP contribution in [0.15, 0.2) is 6.33 Å². The lowest BCUT2D eigenvalue weighted by atomic mass is 10.0. The second kappa shape index (κ2) is 8.46. The summed E-state index contributed by atoms with van der Waals surface area (Å²) >= 11 is 0. The average molecular weight is 289 g/mol. The molecule has 0 radical (unpaired) electrons. The monoisotopic (exact) mass is 289 g/mol. The summed E-state index contributed by atoms with van der Waals surface area (Å²) in [6.45, 7) is 13.2. The molecule has 1 aromatic heterocycles. The summed E-state index contributed by atoms with van der Waals surface area (Å²) in [5, 5.41) is 12.2. The van der Waals surface area contributed by atoms with Crippen molar-refractivity contribution < 1.29 is 0 Å². The Hall–Kier alpha value is -1.83. The van der Waals surface area contributed by atoms with E-state index in [0.29, 0.717) is 24.8 Å². The van der Waals surface area contributed by atoms with Gasteiger partial charge in [0.1, 0.15) is 18.0 Å². The van der Waals surface area contributed by atoms with Crippen LogP contribution in [0, 0.1) is 17.2 Å². The molecule has 1 aromatic rings. The van der Waals surface area contributed by atoms with Crippen molar-refractivity contribution in [1.29, 1.82) is 5.26 Å². The van der Waals surface area contributed by atoms with Gasteiger partial charge in [0.2, 0.25) is 0 Å². The van der Waals surface area contributed by atoms with Crippen molar-refractivity contribution >= 4 is 11.6 Å².